The molecule has 0 radical (unpaired) electrons. The summed E-state index contributed by atoms with van der Waals surface area (Å²) < 4.78 is 10.9. The summed E-state index contributed by atoms with van der Waals surface area (Å²) in [6.45, 7) is 0. The Morgan fingerprint density at radius 3 is 2.52 bits per heavy atom. The maximum absolute atomic E-state index is 12.4. The highest BCUT2D eigenvalue weighted by Gasteiger charge is 2.31. The fourth-order valence-electron chi connectivity index (χ4n) is 3.30. The second kappa shape index (κ2) is 6.64. The molecular weight excluding hydrogens is 344 g/mol. The number of benzene rings is 2. The molecule has 1 atom stereocenters. The largest absolute Gasteiger partial charge is 0.465 e. The number of hydrogen-bond donors (Lipinski definition) is 1. The molecule has 27 heavy (non-hydrogen) atoms. The van der Waals surface area contributed by atoms with Crippen molar-refractivity contribution in [2.45, 2.75) is 6.17 Å². The van der Waals surface area contributed by atoms with Crippen LogP contribution >= 0.6 is 0 Å². The number of nitrogens with zero attached hydrogens (tertiary/aromatic N) is 1. The molecule has 0 fully saturated rings. The van der Waals surface area contributed by atoms with E-state index in [4.69, 9.17) is 9.15 Å². The summed E-state index contributed by atoms with van der Waals surface area (Å²) in [5, 5.41) is 2.95. The first-order valence-corrected chi connectivity index (χ1v) is 8.50. The van der Waals surface area contributed by atoms with E-state index in [1.807, 2.05) is 36.2 Å². The molecule has 2 heterocycles. The third-order valence-corrected chi connectivity index (χ3v) is 4.68. The molecule has 2 aromatic carbocycles. The van der Waals surface area contributed by atoms with E-state index in [-0.39, 0.29) is 5.91 Å². The van der Waals surface area contributed by atoms with Gasteiger partial charge in [-0.2, -0.15) is 0 Å². The molecule has 0 aliphatic carbocycles. The number of carbonyl (C=O) groups is 2. The van der Waals surface area contributed by atoms with E-state index < -0.39 is 12.1 Å². The van der Waals surface area contributed by atoms with Crippen LogP contribution in [0, 0.1) is 0 Å². The highest BCUT2D eigenvalue weighted by Crippen LogP contribution is 2.34. The van der Waals surface area contributed by atoms with Gasteiger partial charge in [0, 0.05) is 12.6 Å². The molecule has 136 valence electrons. The van der Waals surface area contributed by atoms with Gasteiger partial charge in [-0.25, -0.2) is 4.79 Å². The summed E-state index contributed by atoms with van der Waals surface area (Å²) in [5.41, 5.74) is 2.52. The van der Waals surface area contributed by atoms with Crippen molar-refractivity contribution in [3.8, 4) is 11.3 Å². The van der Waals surface area contributed by atoms with Crippen LogP contribution in [-0.2, 0) is 4.74 Å². The Hall–Kier alpha value is -3.54. The number of hydrogen-bond acceptors (Lipinski definition) is 5. The average Bonchev–Trinajstić information content (AvgIpc) is 3.20. The number of ether oxygens (including phenoxy) is 1. The first-order chi connectivity index (χ1) is 13.1. The van der Waals surface area contributed by atoms with Gasteiger partial charge in [-0.1, -0.05) is 30.3 Å². The minimum absolute atomic E-state index is 0.151. The van der Waals surface area contributed by atoms with Gasteiger partial charge in [-0.15, -0.1) is 0 Å². The monoisotopic (exact) mass is 362 g/mol. The van der Waals surface area contributed by atoms with E-state index in [2.05, 4.69) is 5.32 Å². The third kappa shape index (κ3) is 2.85. The zero-order chi connectivity index (χ0) is 19.0. The van der Waals surface area contributed by atoms with Gasteiger partial charge in [-0.3, -0.25) is 4.79 Å². The lowest BCUT2D eigenvalue weighted by Crippen LogP contribution is -2.44. The van der Waals surface area contributed by atoms with Crippen molar-refractivity contribution < 1.29 is 18.7 Å². The van der Waals surface area contributed by atoms with E-state index in [0.717, 1.165) is 5.69 Å². The minimum Gasteiger partial charge on any atom is -0.465 e. The van der Waals surface area contributed by atoms with E-state index in [9.17, 15) is 9.59 Å². The maximum atomic E-state index is 12.4. The second-order valence-corrected chi connectivity index (χ2v) is 6.24. The van der Waals surface area contributed by atoms with Crippen LogP contribution in [0.1, 0.15) is 32.6 Å². The van der Waals surface area contributed by atoms with Crippen molar-refractivity contribution in [3.05, 3.63) is 77.6 Å². The van der Waals surface area contributed by atoms with Crippen molar-refractivity contribution >= 4 is 17.6 Å². The predicted molar refractivity (Wildman–Crippen MR) is 101 cm³/mol. The van der Waals surface area contributed by atoms with E-state index in [1.54, 1.807) is 36.4 Å². The fraction of sp³-hybridized carbons (Fsp3) is 0.143. The Balaban J connectivity index is 1.71. The molecule has 0 bridgehead atoms. The van der Waals surface area contributed by atoms with Crippen molar-refractivity contribution in [1.29, 1.82) is 0 Å². The van der Waals surface area contributed by atoms with Gasteiger partial charge >= 0.3 is 5.97 Å². The van der Waals surface area contributed by atoms with Gasteiger partial charge in [0.05, 0.1) is 23.9 Å². The van der Waals surface area contributed by atoms with Gasteiger partial charge in [0.25, 0.3) is 5.91 Å². The molecule has 1 aliphatic rings. The van der Waals surface area contributed by atoms with Crippen LogP contribution < -0.4 is 10.2 Å². The van der Waals surface area contributed by atoms with E-state index >= 15 is 0 Å². The van der Waals surface area contributed by atoms with Crippen LogP contribution in [0.5, 0.6) is 0 Å². The van der Waals surface area contributed by atoms with Crippen LogP contribution in [0.3, 0.4) is 0 Å². The van der Waals surface area contributed by atoms with Crippen molar-refractivity contribution in [1.82, 2.24) is 5.32 Å². The summed E-state index contributed by atoms with van der Waals surface area (Å²) in [6.07, 6.45) is -0.438. The van der Waals surface area contributed by atoms with E-state index in [1.165, 1.54) is 7.11 Å². The summed E-state index contributed by atoms with van der Waals surface area (Å²) in [4.78, 5) is 26.4. The van der Waals surface area contributed by atoms with Gasteiger partial charge in [0.2, 0.25) is 0 Å². The number of para-hydroxylation sites is 1. The molecule has 1 amide bonds. The zero-order valence-corrected chi connectivity index (χ0v) is 14.9. The number of rotatable bonds is 3. The number of furan rings is 1. The number of nitrogens with one attached hydrogen (secondary N) is 1. The minimum atomic E-state index is -0.438. The topological polar surface area (TPSA) is 71.8 Å². The van der Waals surface area contributed by atoms with Crippen molar-refractivity contribution in [2.24, 2.45) is 0 Å². The summed E-state index contributed by atoms with van der Waals surface area (Å²) in [6, 6.07) is 18.1. The lowest BCUT2D eigenvalue weighted by Gasteiger charge is -2.34. The molecule has 1 aliphatic heterocycles. The van der Waals surface area contributed by atoms with Gasteiger partial charge < -0.3 is 19.4 Å². The highest BCUT2D eigenvalue weighted by molar-refractivity contribution is 6.02. The number of carbonyl (C=O) groups excluding carboxylic acids is 2. The summed E-state index contributed by atoms with van der Waals surface area (Å²) in [5.74, 6) is 0.532. The zero-order valence-electron chi connectivity index (χ0n) is 14.9. The van der Waals surface area contributed by atoms with Gasteiger partial charge in [0.1, 0.15) is 11.5 Å². The highest BCUT2D eigenvalue weighted by atomic mass is 16.5. The molecule has 0 spiro atoms. The number of fused-ring (bicyclic) bond motifs is 1. The summed E-state index contributed by atoms with van der Waals surface area (Å²) in [7, 11) is 3.24. The van der Waals surface area contributed by atoms with Crippen LogP contribution in [0.2, 0.25) is 0 Å². The van der Waals surface area contributed by atoms with Crippen LogP contribution in [0.25, 0.3) is 11.3 Å². The smallest absolute Gasteiger partial charge is 0.338 e. The van der Waals surface area contributed by atoms with Crippen LogP contribution in [0.15, 0.2) is 65.1 Å². The number of methoxy groups -OCH3 is 1. The Labute approximate surface area is 156 Å². The Morgan fingerprint density at radius 2 is 1.74 bits per heavy atom. The van der Waals surface area contributed by atoms with Gasteiger partial charge in [0.15, 0.2) is 6.17 Å². The predicted octanol–water partition coefficient (Wildman–Crippen LogP) is 3.61. The molecule has 4 rings (SSSR count). The van der Waals surface area contributed by atoms with Crippen molar-refractivity contribution in [2.75, 3.05) is 19.1 Å². The number of anilines is 1. The Morgan fingerprint density at radius 1 is 1.04 bits per heavy atom. The first-order valence-electron chi connectivity index (χ1n) is 8.50. The maximum Gasteiger partial charge on any atom is 0.338 e. The molecule has 1 aromatic heterocycles. The molecule has 0 saturated carbocycles. The molecule has 3 aromatic rings. The standard InChI is InChI=1S/C21H18N2O4/c1-23-16-10-6-5-9-15(16)20(24)22-19(23)18-12-11-17(27-18)13-7-3-4-8-14(13)21(25)26-2/h3-12,19H,1-2H3,(H,22,24)/t19-/m1/s1. The molecule has 6 heteroatoms. The van der Waals surface area contributed by atoms with Gasteiger partial charge in [-0.05, 0) is 30.3 Å². The molecule has 6 nitrogen and oxygen atoms in total. The summed E-state index contributed by atoms with van der Waals surface area (Å²) >= 11 is 0. The van der Waals surface area contributed by atoms with E-state index in [0.29, 0.717) is 28.2 Å². The number of esters is 1. The fourth-order valence-corrected chi connectivity index (χ4v) is 3.30. The molecule has 0 saturated heterocycles. The average molecular weight is 362 g/mol. The Bertz CT molecular complexity index is 1020. The second-order valence-electron chi connectivity index (χ2n) is 6.24. The quantitative estimate of drug-likeness (QED) is 0.721. The Kier molecular flexibility index (Phi) is 4.16. The SMILES string of the molecule is COC(=O)c1ccccc1-c1ccc([C@@H]2NC(=O)c3ccccc3N2C)o1. The van der Waals surface area contributed by atoms with Crippen LogP contribution in [-0.4, -0.2) is 26.0 Å². The molecule has 0 unspecified atom stereocenters. The van der Waals surface area contributed by atoms with Crippen molar-refractivity contribution in [3.63, 3.8) is 0 Å². The lowest BCUT2D eigenvalue weighted by molar-refractivity contribution is 0.0601. The third-order valence-electron chi connectivity index (χ3n) is 4.68. The first kappa shape index (κ1) is 16.9. The van der Waals surface area contributed by atoms with Crippen LogP contribution in [0.4, 0.5) is 5.69 Å². The number of amides is 1. The normalized spacial score (nSPS) is 15.9. The molecule has 1 N–H and O–H groups in total. The molecular formula is C21H18N2O4. The lowest BCUT2D eigenvalue weighted by atomic mass is 10.1.